The molecule has 0 saturated carbocycles. The molecule has 1 aliphatic heterocycles. The molecule has 18 heavy (non-hydrogen) atoms. The number of anilines is 1. The van der Waals surface area contributed by atoms with Gasteiger partial charge in [0, 0.05) is 13.5 Å². The minimum Gasteiger partial charge on any atom is -0.506 e. The number of ether oxygens (including phenoxy) is 1. The third kappa shape index (κ3) is 3.55. The zero-order valence-corrected chi connectivity index (χ0v) is 11.0. The number of hydrogen-bond donors (Lipinski definition) is 3. The van der Waals surface area contributed by atoms with Gasteiger partial charge in [-0.1, -0.05) is 19.9 Å². The van der Waals surface area contributed by atoms with Crippen molar-refractivity contribution in [3.05, 3.63) is 18.2 Å². The van der Waals surface area contributed by atoms with Crippen LogP contribution >= 0.6 is 0 Å². The Morgan fingerprint density at radius 1 is 1.56 bits per heavy atom. The van der Waals surface area contributed by atoms with Gasteiger partial charge in [-0.05, 0) is 12.1 Å². The lowest BCUT2D eigenvalue weighted by atomic mass is 10.2. The lowest BCUT2D eigenvalue weighted by molar-refractivity contribution is -0.119. The highest BCUT2D eigenvalue weighted by molar-refractivity contribution is 5.73. The van der Waals surface area contributed by atoms with Crippen LogP contribution in [0, 0.1) is 0 Å². The smallest absolute Gasteiger partial charge is 0.216 e. The maximum absolute atomic E-state index is 10.8. The number of fused-ring (bicyclic) bond motifs is 1. The molecule has 0 aromatic heterocycles. The molecule has 1 unspecified atom stereocenters. The van der Waals surface area contributed by atoms with E-state index in [1.165, 1.54) is 6.92 Å². The van der Waals surface area contributed by atoms with Crippen molar-refractivity contribution in [3.63, 3.8) is 0 Å². The van der Waals surface area contributed by atoms with Crippen molar-refractivity contribution in [2.24, 2.45) is 0 Å². The molecular weight excluding hydrogens is 232 g/mol. The predicted molar refractivity (Wildman–Crippen MR) is 71.0 cm³/mol. The largest absolute Gasteiger partial charge is 0.506 e. The van der Waals surface area contributed by atoms with E-state index < -0.39 is 0 Å². The fourth-order valence-corrected chi connectivity index (χ4v) is 1.60. The van der Waals surface area contributed by atoms with Gasteiger partial charge < -0.3 is 20.5 Å². The molecule has 0 radical (unpaired) electrons. The van der Waals surface area contributed by atoms with Crippen LogP contribution in [0.4, 0.5) is 5.69 Å². The van der Waals surface area contributed by atoms with Gasteiger partial charge in [0.15, 0.2) is 0 Å². The number of hydrogen-bond acceptors (Lipinski definition) is 4. The summed E-state index contributed by atoms with van der Waals surface area (Å²) >= 11 is 0. The number of benzene rings is 1. The van der Waals surface area contributed by atoms with Gasteiger partial charge in [0.25, 0.3) is 0 Å². The van der Waals surface area contributed by atoms with E-state index in [-0.39, 0.29) is 17.7 Å². The van der Waals surface area contributed by atoms with Gasteiger partial charge in [0.05, 0.1) is 6.04 Å². The summed E-state index contributed by atoms with van der Waals surface area (Å²) in [7, 11) is 0. The van der Waals surface area contributed by atoms with Crippen LogP contribution in [-0.2, 0) is 4.79 Å². The summed E-state index contributed by atoms with van der Waals surface area (Å²) in [6.45, 7) is 6.41. The molecular formula is C13H20N2O3. The zero-order valence-electron chi connectivity index (χ0n) is 11.0. The summed E-state index contributed by atoms with van der Waals surface area (Å²) < 4.78 is 5.48. The highest BCUT2D eigenvalue weighted by Crippen LogP contribution is 2.36. The Bertz CT molecular complexity index is 407. The lowest BCUT2D eigenvalue weighted by Crippen LogP contribution is -2.41. The minimum absolute atomic E-state index is 0.0234. The summed E-state index contributed by atoms with van der Waals surface area (Å²) in [6.07, 6.45) is 0. The molecule has 1 aromatic carbocycles. The average molecular weight is 252 g/mol. The number of rotatable bonds is 2. The van der Waals surface area contributed by atoms with Crippen molar-refractivity contribution in [1.82, 2.24) is 5.32 Å². The van der Waals surface area contributed by atoms with Crippen LogP contribution in [0.1, 0.15) is 20.8 Å². The molecule has 5 heteroatoms. The first-order chi connectivity index (χ1) is 8.66. The molecule has 100 valence electrons. The molecule has 1 atom stereocenters. The molecule has 0 fully saturated rings. The number of nitrogens with one attached hydrogen (secondary N) is 2. The topological polar surface area (TPSA) is 70.6 Å². The number of carbonyl (C=O) groups excluding carboxylic acids is 1. The van der Waals surface area contributed by atoms with Crippen LogP contribution in [0.25, 0.3) is 0 Å². The molecule has 1 aromatic rings. The van der Waals surface area contributed by atoms with Crippen LogP contribution in [0.15, 0.2) is 18.2 Å². The molecule has 1 heterocycles. The average Bonchev–Trinajstić information content (AvgIpc) is 2.39. The number of amides is 1. The van der Waals surface area contributed by atoms with Crippen molar-refractivity contribution in [3.8, 4) is 11.5 Å². The Kier molecular flexibility index (Phi) is 5.30. The quantitative estimate of drug-likeness (QED) is 0.701. The van der Waals surface area contributed by atoms with Crippen molar-refractivity contribution < 1.29 is 14.6 Å². The molecule has 0 spiro atoms. The number of aromatic hydroxyl groups is 1. The summed E-state index contributed by atoms with van der Waals surface area (Å²) in [5.74, 6) is 0.717. The highest BCUT2D eigenvalue weighted by Gasteiger charge is 2.21. The van der Waals surface area contributed by atoms with E-state index in [1.54, 1.807) is 18.2 Å². The maximum atomic E-state index is 10.8. The number of phenolic OH excluding ortho intramolecular Hbond substituents is 1. The van der Waals surface area contributed by atoms with E-state index in [2.05, 4.69) is 10.6 Å². The number of phenols is 1. The second-order valence-corrected chi connectivity index (χ2v) is 3.74. The van der Waals surface area contributed by atoms with E-state index in [9.17, 15) is 9.90 Å². The zero-order chi connectivity index (χ0) is 13.5. The molecule has 0 aliphatic carbocycles. The van der Waals surface area contributed by atoms with E-state index in [0.717, 1.165) is 0 Å². The van der Waals surface area contributed by atoms with Crippen molar-refractivity contribution >= 4 is 11.6 Å². The normalized spacial score (nSPS) is 16.3. The molecule has 0 bridgehead atoms. The standard InChI is InChI=1S/C11H14N2O3.C2H6/c1-7(14)12-5-8-6-16-10-4-2-3-9(15)11(10)13-8;1-2/h2-4,8,13,15H,5-6H2,1H3,(H,12,14);1-2H3. The molecule has 5 nitrogen and oxygen atoms in total. The summed E-state index contributed by atoms with van der Waals surface area (Å²) in [5.41, 5.74) is 0.587. The third-order valence-corrected chi connectivity index (χ3v) is 2.39. The van der Waals surface area contributed by atoms with Gasteiger partial charge in [0.2, 0.25) is 5.91 Å². The lowest BCUT2D eigenvalue weighted by Gasteiger charge is -2.27. The van der Waals surface area contributed by atoms with Crippen molar-refractivity contribution in [2.45, 2.75) is 26.8 Å². The second-order valence-electron chi connectivity index (χ2n) is 3.74. The Labute approximate surface area is 107 Å². The van der Waals surface area contributed by atoms with E-state index in [4.69, 9.17) is 4.74 Å². The third-order valence-electron chi connectivity index (χ3n) is 2.39. The summed E-state index contributed by atoms with van der Waals surface area (Å²) in [6, 6.07) is 5.08. The van der Waals surface area contributed by atoms with E-state index in [0.29, 0.717) is 24.6 Å². The van der Waals surface area contributed by atoms with Gasteiger partial charge >= 0.3 is 0 Å². The second kappa shape index (κ2) is 6.74. The van der Waals surface area contributed by atoms with Gasteiger partial charge in [-0.3, -0.25) is 4.79 Å². The highest BCUT2D eigenvalue weighted by atomic mass is 16.5. The van der Waals surface area contributed by atoms with Gasteiger partial charge in [-0.2, -0.15) is 0 Å². The van der Waals surface area contributed by atoms with Crippen LogP contribution in [0.2, 0.25) is 0 Å². The number of carbonyl (C=O) groups is 1. The van der Waals surface area contributed by atoms with Crippen molar-refractivity contribution in [1.29, 1.82) is 0 Å². The van der Waals surface area contributed by atoms with Crippen LogP contribution in [-0.4, -0.2) is 30.2 Å². The summed E-state index contributed by atoms with van der Waals surface area (Å²) in [4.78, 5) is 10.8. The first-order valence-electron chi connectivity index (χ1n) is 6.12. The number of para-hydroxylation sites is 1. The predicted octanol–water partition coefficient (Wildman–Crippen LogP) is 1.73. The first kappa shape index (κ1) is 14.2. The molecule has 0 saturated heterocycles. The SMILES string of the molecule is CC.CC(=O)NCC1COc2cccc(O)c2N1. The first-order valence-corrected chi connectivity index (χ1v) is 6.12. The van der Waals surface area contributed by atoms with Crippen LogP contribution in [0.3, 0.4) is 0 Å². The fraction of sp³-hybridized carbons (Fsp3) is 0.462. The molecule has 3 N–H and O–H groups in total. The Morgan fingerprint density at radius 2 is 2.28 bits per heavy atom. The Morgan fingerprint density at radius 3 is 2.94 bits per heavy atom. The van der Waals surface area contributed by atoms with E-state index in [1.807, 2.05) is 13.8 Å². The van der Waals surface area contributed by atoms with Gasteiger partial charge in [-0.25, -0.2) is 0 Å². The minimum atomic E-state index is -0.0788. The molecule has 2 rings (SSSR count). The van der Waals surface area contributed by atoms with Crippen LogP contribution in [0.5, 0.6) is 11.5 Å². The van der Waals surface area contributed by atoms with Gasteiger partial charge in [0.1, 0.15) is 23.8 Å². The van der Waals surface area contributed by atoms with Crippen LogP contribution < -0.4 is 15.4 Å². The summed E-state index contributed by atoms with van der Waals surface area (Å²) in [5, 5.41) is 15.5. The molecule has 1 aliphatic rings. The van der Waals surface area contributed by atoms with Crippen molar-refractivity contribution in [2.75, 3.05) is 18.5 Å². The molecule has 1 amide bonds. The van der Waals surface area contributed by atoms with E-state index >= 15 is 0 Å². The monoisotopic (exact) mass is 252 g/mol. The maximum Gasteiger partial charge on any atom is 0.216 e. The fourth-order valence-electron chi connectivity index (χ4n) is 1.60. The Hall–Kier alpha value is -1.91. The van der Waals surface area contributed by atoms with Gasteiger partial charge in [-0.15, -0.1) is 0 Å². The Balaban J connectivity index is 0.000000771.